The lowest BCUT2D eigenvalue weighted by Gasteiger charge is -2.20. The van der Waals surface area contributed by atoms with Crippen LogP contribution in [0.4, 0.5) is 0 Å². The van der Waals surface area contributed by atoms with Crippen molar-refractivity contribution >= 4 is 40.3 Å². The molecule has 1 aliphatic rings. The van der Waals surface area contributed by atoms with Crippen molar-refractivity contribution in [3.63, 3.8) is 0 Å². The molecule has 120 valence electrons. The maximum Gasteiger partial charge on any atom is 0.303 e. The molecule has 0 saturated carbocycles. The summed E-state index contributed by atoms with van der Waals surface area (Å²) < 4.78 is 0. The van der Waals surface area contributed by atoms with E-state index < -0.39 is 5.97 Å². The van der Waals surface area contributed by atoms with E-state index in [-0.39, 0.29) is 24.8 Å². The molecular formula is C16H16N2O3S2. The monoisotopic (exact) mass is 348 g/mol. The Kier molecular flexibility index (Phi) is 4.88. The smallest absolute Gasteiger partial charge is 0.303 e. The number of thiophene rings is 2. The van der Waals surface area contributed by atoms with E-state index in [1.165, 1.54) is 0 Å². The number of hydrazone groups is 1. The first-order chi connectivity index (χ1) is 11.1. The Morgan fingerprint density at radius 1 is 1.22 bits per heavy atom. The highest BCUT2D eigenvalue weighted by Crippen LogP contribution is 2.36. The summed E-state index contributed by atoms with van der Waals surface area (Å²) in [6, 6.07) is 7.88. The number of aliphatic carboxylic acids is 1. The lowest BCUT2D eigenvalue weighted by Crippen LogP contribution is -2.26. The Morgan fingerprint density at radius 2 is 2.00 bits per heavy atom. The number of carboxylic acids is 1. The van der Waals surface area contributed by atoms with Gasteiger partial charge in [0.2, 0.25) is 5.91 Å². The van der Waals surface area contributed by atoms with Gasteiger partial charge >= 0.3 is 5.97 Å². The zero-order valence-electron chi connectivity index (χ0n) is 12.3. The van der Waals surface area contributed by atoms with Crippen LogP contribution in [0.1, 0.15) is 41.5 Å². The summed E-state index contributed by atoms with van der Waals surface area (Å²) in [6.45, 7) is 0. The fourth-order valence-electron chi connectivity index (χ4n) is 2.54. The van der Waals surface area contributed by atoms with Crippen molar-refractivity contribution in [2.24, 2.45) is 5.10 Å². The van der Waals surface area contributed by atoms with E-state index in [9.17, 15) is 9.59 Å². The average Bonchev–Trinajstić information content (AvgIpc) is 3.26. The zero-order valence-corrected chi connectivity index (χ0v) is 14.0. The molecule has 1 N–H and O–H groups in total. The maximum absolute atomic E-state index is 12.5. The second-order valence-corrected chi connectivity index (χ2v) is 7.17. The van der Waals surface area contributed by atoms with Crippen molar-refractivity contribution in [1.29, 1.82) is 0 Å². The molecule has 0 spiro atoms. The number of hydrogen-bond donors (Lipinski definition) is 1. The average molecular weight is 348 g/mol. The van der Waals surface area contributed by atoms with E-state index in [0.29, 0.717) is 12.8 Å². The van der Waals surface area contributed by atoms with E-state index >= 15 is 0 Å². The molecule has 5 nitrogen and oxygen atoms in total. The highest BCUT2D eigenvalue weighted by atomic mass is 32.1. The fourth-order valence-corrected chi connectivity index (χ4v) is 4.07. The van der Waals surface area contributed by atoms with Crippen molar-refractivity contribution < 1.29 is 14.7 Å². The lowest BCUT2D eigenvalue weighted by atomic mass is 10.1. The largest absolute Gasteiger partial charge is 0.481 e. The normalized spacial score (nSPS) is 17.3. The Balaban J connectivity index is 1.77. The molecule has 0 radical (unpaired) electrons. The molecule has 0 unspecified atom stereocenters. The van der Waals surface area contributed by atoms with Crippen molar-refractivity contribution in [1.82, 2.24) is 5.01 Å². The molecule has 1 atom stereocenters. The van der Waals surface area contributed by atoms with E-state index in [1.54, 1.807) is 27.7 Å². The van der Waals surface area contributed by atoms with Gasteiger partial charge in [-0.05, 0) is 29.3 Å². The zero-order chi connectivity index (χ0) is 16.2. The number of carbonyl (C=O) groups excluding carboxylic acids is 1. The molecule has 7 heteroatoms. The van der Waals surface area contributed by atoms with Crippen molar-refractivity contribution in [3.05, 3.63) is 44.8 Å². The summed E-state index contributed by atoms with van der Waals surface area (Å²) in [6.07, 6.45) is 1.25. The molecule has 0 aromatic carbocycles. The van der Waals surface area contributed by atoms with Crippen molar-refractivity contribution in [2.45, 2.75) is 31.7 Å². The fraction of sp³-hybridized carbons (Fsp3) is 0.312. The van der Waals surface area contributed by atoms with Crippen LogP contribution >= 0.6 is 22.7 Å². The van der Waals surface area contributed by atoms with Crippen LogP contribution in [0.2, 0.25) is 0 Å². The summed E-state index contributed by atoms with van der Waals surface area (Å²) in [7, 11) is 0. The molecule has 3 heterocycles. The van der Waals surface area contributed by atoms with Gasteiger partial charge in [0.25, 0.3) is 0 Å². The number of hydrogen-bond acceptors (Lipinski definition) is 5. The standard InChI is InChI=1S/C16H16N2O3S2/c19-15(6-1-7-16(20)21)18-12(14-5-3-9-23-14)10-11(17-18)13-4-2-8-22-13/h2-5,8-9,12H,1,6-7,10H2,(H,20,21)/t12-/m1/s1. The Bertz CT molecular complexity index is 708. The quantitative estimate of drug-likeness (QED) is 0.864. The highest BCUT2D eigenvalue weighted by Gasteiger charge is 2.33. The van der Waals surface area contributed by atoms with Crippen LogP contribution in [0.25, 0.3) is 0 Å². The second kappa shape index (κ2) is 7.06. The summed E-state index contributed by atoms with van der Waals surface area (Å²) >= 11 is 3.22. The molecule has 23 heavy (non-hydrogen) atoms. The number of carboxylic acid groups (broad SMARTS) is 1. The molecule has 1 amide bonds. The van der Waals surface area contributed by atoms with E-state index in [2.05, 4.69) is 5.10 Å². The molecule has 0 aliphatic carbocycles. The van der Waals surface area contributed by atoms with Gasteiger partial charge in [-0.3, -0.25) is 9.59 Å². The number of nitrogens with zero attached hydrogens (tertiary/aromatic N) is 2. The van der Waals surface area contributed by atoms with Crippen molar-refractivity contribution in [3.8, 4) is 0 Å². The van der Waals surface area contributed by atoms with Gasteiger partial charge in [-0.1, -0.05) is 12.1 Å². The van der Waals surface area contributed by atoms with Crippen LogP contribution in [0.3, 0.4) is 0 Å². The number of carbonyl (C=O) groups is 2. The summed E-state index contributed by atoms with van der Waals surface area (Å²) in [5.74, 6) is -0.993. The van der Waals surface area contributed by atoms with Crippen LogP contribution in [-0.2, 0) is 9.59 Å². The van der Waals surface area contributed by atoms with Gasteiger partial charge in [0, 0.05) is 24.1 Å². The minimum Gasteiger partial charge on any atom is -0.481 e. The molecule has 2 aromatic heterocycles. The van der Waals surface area contributed by atoms with Crippen LogP contribution in [0.15, 0.2) is 40.1 Å². The van der Waals surface area contributed by atoms with Gasteiger partial charge in [-0.2, -0.15) is 5.10 Å². The van der Waals surface area contributed by atoms with Gasteiger partial charge in [0.15, 0.2) is 0 Å². The van der Waals surface area contributed by atoms with Crippen LogP contribution in [0, 0.1) is 0 Å². The van der Waals surface area contributed by atoms with Gasteiger partial charge in [-0.25, -0.2) is 5.01 Å². The van der Waals surface area contributed by atoms with Crippen LogP contribution in [-0.4, -0.2) is 27.7 Å². The maximum atomic E-state index is 12.5. The van der Waals surface area contributed by atoms with E-state index in [1.807, 2.05) is 35.0 Å². The number of amides is 1. The third-order valence-corrected chi connectivity index (χ3v) is 5.52. The summed E-state index contributed by atoms with van der Waals surface area (Å²) in [5.41, 5.74) is 0.921. The van der Waals surface area contributed by atoms with Gasteiger partial charge in [0.05, 0.1) is 16.6 Å². The predicted molar refractivity (Wildman–Crippen MR) is 90.9 cm³/mol. The first kappa shape index (κ1) is 15.9. The molecule has 1 aliphatic heterocycles. The minimum absolute atomic E-state index is 0.00471. The molecule has 0 saturated heterocycles. The molecular weight excluding hydrogens is 332 g/mol. The summed E-state index contributed by atoms with van der Waals surface area (Å²) in [5, 5.41) is 18.8. The predicted octanol–water partition coefficient (Wildman–Crippen LogP) is 3.74. The summed E-state index contributed by atoms with van der Waals surface area (Å²) in [4.78, 5) is 25.3. The Hall–Kier alpha value is -1.99. The number of rotatable bonds is 6. The molecule has 0 bridgehead atoms. The SMILES string of the molecule is O=C(O)CCCC(=O)N1N=C(c2cccs2)C[C@@H]1c1cccs1. The van der Waals surface area contributed by atoms with Crippen molar-refractivity contribution in [2.75, 3.05) is 0 Å². The third-order valence-electron chi connectivity index (χ3n) is 3.62. The van der Waals surface area contributed by atoms with E-state index in [4.69, 9.17) is 5.11 Å². The van der Waals surface area contributed by atoms with Gasteiger partial charge < -0.3 is 5.11 Å². The first-order valence-electron chi connectivity index (χ1n) is 7.34. The first-order valence-corrected chi connectivity index (χ1v) is 9.09. The lowest BCUT2D eigenvalue weighted by molar-refractivity contribution is -0.137. The molecule has 0 fully saturated rings. The minimum atomic E-state index is -0.878. The topological polar surface area (TPSA) is 70.0 Å². The molecule has 3 rings (SSSR count). The highest BCUT2D eigenvalue weighted by molar-refractivity contribution is 7.12. The second-order valence-electron chi connectivity index (χ2n) is 5.24. The van der Waals surface area contributed by atoms with Gasteiger partial charge in [0.1, 0.15) is 0 Å². The van der Waals surface area contributed by atoms with Gasteiger partial charge in [-0.15, -0.1) is 22.7 Å². The van der Waals surface area contributed by atoms with Crippen LogP contribution < -0.4 is 0 Å². The van der Waals surface area contributed by atoms with Crippen LogP contribution in [0.5, 0.6) is 0 Å². The third kappa shape index (κ3) is 3.68. The van der Waals surface area contributed by atoms with E-state index in [0.717, 1.165) is 15.5 Å². The Labute approximate surface area is 141 Å². The molecule has 2 aromatic rings. The Morgan fingerprint density at radius 3 is 2.65 bits per heavy atom.